The Morgan fingerprint density at radius 2 is 2.07 bits per heavy atom. The van der Waals surface area contributed by atoms with Crippen LogP contribution in [-0.4, -0.2) is 45.8 Å². The van der Waals surface area contributed by atoms with Gasteiger partial charge >= 0.3 is 5.69 Å². The highest BCUT2D eigenvalue weighted by molar-refractivity contribution is 5.76. The number of benzene rings is 2. The number of carbonyl (C=O) groups is 1. The van der Waals surface area contributed by atoms with Gasteiger partial charge < -0.3 is 9.64 Å². The van der Waals surface area contributed by atoms with Crippen molar-refractivity contribution in [3.8, 4) is 22.6 Å². The van der Waals surface area contributed by atoms with E-state index in [1.165, 1.54) is 10.6 Å². The van der Waals surface area contributed by atoms with Gasteiger partial charge in [0.05, 0.1) is 12.8 Å². The maximum Gasteiger partial charge on any atom is 0.348 e. The molecule has 1 unspecified atom stereocenters. The summed E-state index contributed by atoms with van der Waals surface area (Å²) >= 11 is 0. The van der Waals surface area contributed by atoms with Gasteiger partial charge in [0.25, 0.3) is 0 Å². The summed E-state index contributed by atoms with van der Waals surface area (Å²) in [5.41, 5.74) is 1.12. The number of nitrogens with one attached hydrogen (secondary N) is 1. The predicted octanol–water partition coefficient (Wildman–Crippen LogP) is 3.10. The van der Waals surface area contributed by atoms with Gasteiger partial charge in [-0.15, -0.1) is 0 Å². The number of amides is 1. The van der Waals surface area contributed by atoms with Crippen LogP contribution in [0.25, 0.3) is 16.8 Å². The molecule has 0 saturated carbocycles. The topological polar surface area (TPSA) is 80.2 Å². The SMILES string of the molecule is CCC(=O)N1CCC(c2n[nH]c(=O)n2-c2ccc(-c3cccc(OC)c3)cc2F)C1. The van der Waals surface area contributed by atoms with Crippen molar-refractivity contribution in [2.75, 3.05) is 20.2 Å². The summed E-state index contributed by atoms with van der Waals surface area (Å²) in [5, 5.41) is 6.57. The lowest BCUT2D eigenvalue weighted by atomic mass is 10.0. The molecule has 8 heteroatoms. The Morgan fingerprint density at radius 1 is 1.27 bits per heavy atom. The van der Waals surface area contributed by atoms with E-state index in [1.54, 1.807) is 24.1 Å². The minimum atomic E-state index is -0.528. The van der Waals surface area contributed by atoms with Crippen molar-refractivity contribution in [2.24, 2.45) is 0 Å². The molecule has 1 amide bonds. The standard InChI is InChI=1S/C22H23FN4O3/c1-3-20(28)26-10-9-16(13-26)21-24-25-22(29)27(21)19-8-7-15(12-18(19)23)14-5-4-6-17(11-14)30-2/h4-8,11-12,16H,3,9-10,13H2,1-2H3,(H,25,29). The number of nitrogens with zero attached hydrogens (tertiary/aromatic N) is 3. The van der Waals surface area contributed by atoms with E-state index in [0.29, 0.717) is 43.1 Å². The van der Waals surface area contributed by atoms with E-state index in [9.17, 15) is 9.59 Å². The molecule has 4 rings (SSSR count). The number of likely N-dealkylation sites (tertiary alicyclic amines) is 1. The molecule has 2 aromatic carbocycles. The fourth-order valence-electron chi connectivity index (χ4n) is 3.91. The summed E-state index contributed by atoms with van der Waals surface area (Å²) in [7, 11) is 1.58. The summed E-state index contributed by atoms with van der Waals surface area (Å²) in [4.78, 5) is 26.2. The van der Waals surface area contributed by atoms with Gasteiger partial charge in [0.2, 0.25) is 5.91 Å². The number of carbonyl (C=O) groups excluding carboxylic acids is 1. The van der Waals surface area contributed by atoms with Gasteiger partial charge in [-0.05, 0) is 41.8 Å². The van der Waals surface area contributed by atoms with Gasteiger partial charge in [-0.2, -0.15) is 5.10 Å². The van der Waals surface area contributed by atoms with Crippen molar-refractivity contribution in [1.82, 2.24) is 19.7 Å². The number of hydrogen-bond donors (Lipinski definition) is 1. The first-order valence-electron chi connectivity index (χ1n) is 9.91. The van der Waals surface area contributed by atoms with E-state index in [-0.39, 0.29) is 17.5 Å². The van der Waals surface area contributed by atoms with Crippen molar-refractivity contribution >= 4 is 5.91 Å². The number of hydrogen-bond acceptors (Lipinski definition) is 4. The normalized spacial score (nSPS) is 16.1. The monoisotopic (exact) mass is 410 g/mol. The van der Waals surface area contributed by atoms with E-state index < -0.39 is 11.5 Å². The van der Waals surface area contributed by atoms with Gasteiger partial charge in [-0.3, -0.25) is 4.79 Å². The number of ether oxygens (including phenoxy) is 1. The Kier molecular flexibility index (Phi) is 5.39. The molecule has 3 aromatic rings. The van der Waals surface area contributed by atoms with Gasteiger partial charge in [-0.25, -0.2) is 18.9 Å². The lowest BCUT2D eigenvalue weighted by Gasteiger charge is -2.16. The molecule has 1 N–H and O–H groups in total. The molecule has 1 aliphatic heterocycles. The maximum absolute atomic E-state index is 15.1. The Balaban J connectivity index is 1.68. The largest absolute Gasteiger partial charge is 0.497 e. The Bertz CT molecular complexity index is 1140. The van der Waals surface area contributed by atoms with Gasteiger partial charge in [0.15, 0.2) is 0 Å². The predicted molar refractivity (Wildman–Crippen MR) is 110 cm³/mol. The van der Waals surface area contributed by atoms with Crippen LogP contribution in [0.1, 0.15) is 31.5 Å². The molecule has 2 heterocycles. The molecule has 1 aliphatic rings. The van der Waals surface area contributed by atoms with Crippen molar-refractivity contribution in [3.05, 3.63) is 64.6 Å². The molecule has 30 heavy (non-hydrogen) atoms. The molecule has 156 valence electrons. The zero-order chi connectivity index (χ0) is 21.3. The van der Waals surface area contributed by atoms with E-state index in [2.05, 4.69) is 10.2 Å². The molecule has 0 bridgehead atoms. The Morgan fingerprint density at radius 3 is 2.80 bits per heavy atom. The number of halogens is 1. The van der Waals surface area contributed by atoms with Crippen molar-refractivity contribution in [3.63, 3.8) is 0 Å². The van der Waals surface area contributed by atoms with Crippen LogP contribution in [0.2, 0.25) is 0 Å². The summed E-state index contributed by atoms with van der Waals surface area (Å²) in [6.45, 7) is 2.90. The Labute approximate surface area is 173 Å². The third kappa shape index (κ3) is 3.60. The molecule has 0 radical (unpaired) electrons. The highest BCUT2D eigenvalue weighted by atomic mass is 19.1. The first-order chi connectivity index (χ1) is 14.5. The molecule has 1 fully saturated rings. The quantitative estimate of drug-likeness (QED) is 0.701. The summed E-state index contributed by atoms with van der Waals surface area (Å²) in [6.07, 6.45) is 1.11. The number of H-pyrrole nitrogens is 1. The third-order valence-corrected chi connectivity index (χ3v) is 5.50. The number of aromatic amines is 1. The average Bonchev–Trinajstić information content (AvgIpc) is 3.40. The summed E-state index contributed by atoms with van der Waals surface area (Å²) in [5.74, 6) is 0.532. The second kappa shape index (κ2) is 8.14. The minimum absolute atomic E-state index is 0.0655. The smallest absolute Gasteiger partial charge is 0.348 e. The van der Waals surface area contributed by atoms with Crippen LogP contribution >= 0.6 is 0 Å². The van der Waals surface area contributed by atoms with Gasteiger partial charge in [0, 0.05) is 25.4 Å². The fraction of sp³-hybridized carbons (Fsp3) is 0.318. The maximum atomic E-state index is 15.1. The van der Waals surface area contributed by atoms with Crippen LogP contribution in [0.3, 0.4) is 0 Å². The fourth-order valence-corrected chi connectivity index (χ4v) is 3.91. The zero-order valence-electron chi connectivity index (χ0n) is 16.9. The van der Waals surface area contributed by atoms with Crippen molar-refractivity contribution < 1.29 is 13.9 Å². The second-order valence-corrected chi connectivity index (χ2v) is 7.30. The van der Waals surface area contributed by atoms with Crippen LogP contribution in [0.5, 0.6) is 5.75 Å². The summed E-state index contributed by atoms with van der Waals surface area (Å²) < 4.78 is 21.6. The van der Waals surface area contributed by atoms with Crippen LogP contribution in [-0.2, 0) is 4.79 Å². The number of methoxy groups -OCH3 is 1. The first kappa shape index (κ1) is 19.9. The molecule has 0 aliphatic carbocycles. The molecular formula is C22H23FN4O3. The van der Waals surface area contributed by atoms with Crippen LogP contribution < -0.4 is 10.4 Å². The van der Waals surface area contributed by atoms with Crippen LogP contribution in [0, 0.1) is 5.82 Å². The minimum Gasteiger partial charge on any atom is -0.497 e. The molecule has 1 saturated heterocycles. The highest BCUT2D eigenvalue weighted by Crippen LogP contribution is 2.30. The van der Waals surface area contributed by atoms with Crippen molar-refractivity contribution in [1.29, 1.82) is 0 Å². The van der Waals surface area contributed by atoms with E-state index in [4.69, 9.17) is 4.74 Å². The van der Waals surface area contributed by atoms with Gasteiger partial charge in [-0.1, -0.05) is 25.1 Å². The number of aromatic nitrogens is 3. The van der Waals surface area contributed by atoms with E-state index in [0.717, 1.165) is 5.56 Å². The van der Waals surface area contributed by atoms with E-state index in [1.807, 2.05) is 31.2 Å². The first-order valence-corrected chi connectivity index (χ1v) is 9.91. The molecular weight excluding hydrogens is 387 g/mol. The summed E-state index contributed by atoms with van der Waals surface area (Å²) in [6, 6.07) is 12.1. The molecule has 0 spiro atoms. The Hall–Kier alpha value is -3.42. The average molecular weight is 410 g/mol. The molecule has 1 atom stereocenters. The van der Waals surface area contributed by atoms with Crippen molar-refractivity contribution in [2.45, 2.75) is 25.7 Å². The number of rotatable bonds is 5. The zero-order valence-corrected chi connectivity index (χ0v) is 16.9. The molecule has 1 aromatic heterocycles. The lowest BCUT2D eigenvalue weighted by molar-refractivity contribution is -0.129. The van der Waals surface area contributed by atoms with Crippen LogP contribution in [0.15, 0.2) is 47.3 Å². The van der Waals surface area contributed by atoms with Gasteiger partial charge in [0.1, 0.15) is 17.4 Å². The third-order valence-electron chi connectivity index (χ3n) is 5.50. The van der Waals surface area contributed by atoms with Crippen LogP contribution in [0.4, 0.5) is 4.39 Å². The highest BCUT2D eigenvalue weighted by Gasteiger charge is 2.31. The lowest BCUT2D eigenvalue weighted by Crippen LogP contribution is -2.28. The molecule has 7 nitrogen and oxygen atoms in total. The van der Waals surface area contributed by atoms with E-state index >= 15 is 4.39 Å². The second-order valence-electron chi connectivity index (χ2n) is 7.30.